The van der Waals surface area contributed by atoms with Crippen molar-refractivity contribution < 1.29 is 0 Å². The number of benzene rings is 1. The van der Waals surface area contributed by atoms with E-state index in [-0.39, 0.29) is 0 Å². The van der Waals surface area contributed by atoms with E-state index in [1.807, 2.05) is 18.2 Å². The van der Waals surface area contributed by atoms with Gasteiger partial charge in [-0.3, -0.25) is 0 Å². The third-order valence-corrected chi connectivity index (χ3v) is 2.09. The zero-order chi connectivity index (χ0) is 9.84. The summed E-state index contributed by atoms with van der Waals surface area (Å²) >= 11 is 0. The van der Waals surface area contributed by atoms with Crippen molar-refractivity contribution in [2.45, 2.75) is 19.8 Å². The van der Waals surface area contributed by atoms with Crippen LogP contribution >= 0.6 is 0 Å². The average Bonchev–Trinajstić information content (AvgIpc) is 2.16. The summed E-state index contributed by atoms with van der Waals surface area (Å²) in [6, 6.07) is 7.95. The molecule has 0 bridgehead atoms. The molecule has 1 aromatic rings. The largest absolute Gasteiger partial charge is 0.192 e. The predicted molar refractivity (Wildman–Crippen MR) is 55.3 cm³/mol. The van der Waals surface area contributed by atoms with Crippen molar-refractivity contribution in [2.75, 3.05) is 0 Å². The summed E-state index contributed by atoms with van der Waals surface area (Å²) in [4.78, 5) is 0. The minimum Gasteiger partial charge on any atom is -0.192 e. The van der Waals surface area contributed by atoms with Crippen LogP contribution in [0.1, 0.15) is 36.5 Å². The molecule has 1 nitrogen and oxygen atoms in total. The fourth-order valence-corrected chi connectivity index (χ4v) is 1.41. The van der Waals surface area contributed by atoms with Gasteiger partial charge in [0, 0.05) is 0 Å². The normalized spacial score (nSPS) is 9.69. The molecule has 1 rings (SSSR count). The Labute approximate surface area is 79.3 Å². The molecule has 0 aromatic heterocycles. The summed E-state index contributed by atoms with van der Waals surface area (Å²) in [7, 11) is 0. The zero-order valence-corrected chi connectivity index (χ0v) is 8.04. The van der Waals surface area contributed by atoms with E-state index in [1.54, 1.807) is 6.08 Å². The average molecular weight is 171 g/mol. The first-order valence-corrected chi connectivity index (χ1v) is 4.36. The van der Waals surface area contributed by atoms with E-state index in [2.05, 4.69) is 26.5 Å². The van der Waals surface area contributed by atoms with Gasteiger partial charge in [0.05, 0.1) is 11.6 Å². The first-order valence-electron chi connectivity index (χ1n) is 4.36. The van der Waals surface area contributed by atoms with E-state index in [0.29, 0.717) is 11.5 Å². The topological polar surface area (TPSA) is 23.8 Å². The molecule has 1 aromatic carbocycles. The Kier molecular flexibility index (Phi) is 2.87. The van der Waals surface area contributed by atoms with Gasteiger partial charge in [0.1, 0.15) is 0 Å². The van der Waals surface area contributed by atoms with Crippen molar-refractivity contribution in [1.29, 1.82) is 5.26 Å². The second-order valence-electron chi connectivity index (χ2n) is 3.28. The summed E-state index contributed by atoms with van der Waals surface area (Å²) in [6.45, 7) is 7.96. The molecule has 13 heavy (non-hydrogen) atoms. The molecule has 0 aliphatic heterocycles. The highest BCUT2D eigenvalue weighted by Crippen LogP contribution is 2.22. The number of nitriles is 1. The highest BCUT2D eigenvalue weighted by atomic mass is 14.2. The van der Waals surface area contributed by atoms with Crippen molar-refractivity contribution in [3.8, 4) is 6.07 Å². The van der Waals surface area contributed by atoms with Gasteiger partial charge in [0.25, 0.3) is 0 Å². The molecule has 0 amide bonds. The molecule has 1 heteroatoms. The van der Waals surface area contributed by atoms with Gasteiger partial charge in [-0.25, -0.2) is 0 Å². The molecule has 0 spiro atoms. The fraction of sp³-hybridized carbons (Fsp3) is 0.250. The Morgan fingerprint density at radius 3 is 2.62 bits per heavy atom. The van der Waals surface area contributed by atoms with Crippen molar-refractivity contribution in [3.63, 3.8) is 0 Å². The molecular formula is C12H13N. The van der Waals surface area contributed by atoms with Crippen LogP contribution in [0.15, 0.2) is 24.8 Å². The summed E-state index contributed by atoms with van der Waals surface area (Å²) in [5.41, 5.74) is 2.87. The van der Waals surface area contributed by atoms with Crippen LogP contribution in [0.5, 0.6) is 0 Å². The van der Waals surface area contributed by atoms with Gasteiger partial charge < -0.3 is 0 Å². The van der Waals surface area contributed by atoms with Crippen molar-refractivity contribution in [1.82, 2.24) is 0 Å². The smallest absolute Gasteiger partial charge is 0.0998 e. The highest BCUT2D eigenvalue weighted by Gasteiger charge is 2.07. The fourth-order valence-electron chi connectivity index (χ4n) is 1.41. The Hall–Kier alpha value is -1.55. The van der Waals surface area contributed by atoms with Gasteiger partial charge in [-0.05, 0) is 23.1 Å². The lowest BCUT2D eigenvalue weighted by Gasteiger charge is -2.10. The van der Waals surface area contributed by atoms with Crippen LogP contribution in [-0.4, -0.2) is 0 Å². The summed E-state index contributed by atoms with van der Waals surface area (Å²) < 4.78 is 0. The molecule has 0 atom stereocenters. The molecule has 0 saturated carbocycles. The van der Waals surface area contributed by atoms with E-state index < -0.39 is 0 Å². The maximum atomic E-state index is 8.86. The number of nitrogens with zero attached hydrogens (tertiary/aromatic N) is 1. The van der Waals surface area contributed by atoms with E-state index in [9.17, 15) is 0 Å². The van der Waals surface area contributed by atoms with E-state index in [0.717, 1.165) is 5.56 Å². The minimum absolute atomic E-state index is 0.432. The Morgan fingerprint density at radius 1 is 1.46 bits per heavy atom. The van der Waals surface area contributed by atoms with Crippen LogP contribution in [0.25, 0.3) is 6.08 Å². The van der Waals surface area contributed by atoms with Crippen LogP contribution < -0.4 is 0 Å². The van der Waals surface area contributed by atoms with Gasteiger partial charge >= 0.3 is 0 Å². The Morgan fingerprint density at radius 2 is 2.15 bits per heavy atom. The lowest BCUT2D eigenvalue weighted by Crippen LogP contribution is -1.94. The van der Waals surface area contributed by atoms with E-state index in [4.69, 9.17) is 5.26 Å². The molecule has 0 heterocycles. The van der Waals surface area contributed by atoms with Crippen molar-refractivity contribution >= 4 is 6.08 Å². The van der Waals surface area contributed by atoms with Gasteiger partial charge in [0.15, 0.2) is 0 Å². The zero-order valence-electron chi connectivity index (χ0n) is 8.04. The Bertz CT molecular complexity index is 356. The number of hydrogen-bond acceptors (Lipinski definition) is 1. The molecule has 0 fully saturated rings. The monoisotopic (exact) mass is 171 g/mol. The van der Waals surface area contributed by atoms with Crippen LogP contribution in [0.2, 0.25) is 0 Å². The summed E-state index contributed by atoms with van der Waals surface area (Å²) in [6.07, 6.45) is 1.76. The molecule has 0 N–H and O–H groups in total. The number of hydrogen-bond donors (Lipinski definition) is 0. The molecule has 0 aliphatic rings. The second-order valence-corrected chi connectivity index (χ2v) is 3.28. The van der Waals surface area contributed by atoms with Gasteiger partial charge in [-0.2, -0.15) is 5.26 Å². The van der Waals surface area contributed by atoms with Gasteiger partial charge in [-0.1, -0.05) is 38.6 Å². The lowest BCUT2D eigenvalue weighted by atomic mass is 9.94. The molecule has 66 valence electrons. The predicted octanol–water partition coefficient (Wildman–Crippen LogP) is 3.32. The quantitative estimate of drug-likeness (QED) is 0.669. The second kappa shape index (κ2) is 3.91. The maximum Gasteiger partial charge on any atom is 0.0998 e. The molecule has 0 unspecified atom stereocenters. The molecule has 0 aliphatic carbocycles. The third kappa shape index (κ3) is 1.78. The van der Waals surface area contributed by atoms with Crippen LogP contribution in [-0.2, 0) is 0 Å². The molecule has 0 saturated heterocycles. The Balaban J connectivity index is 3.37. The van der Waals surface area contributed by atoms with Crippen LogP contribution in [0.4, 0.5) is 0 Å². The lowest BCUT2D eigenvalue weighted by molar-refractivity contribution is 0.863. The van der Waals surface area contributed by atoms with E-state index in [1.165, 1.54) is 5.56 Å². The van der Waals surface area contributed by atoms with Crippen molar-refractivity contribution in [3.05, 3.63) is 41.5 Å². The standard InChI is InChI=1S/C12H13N/c1-4-11-10(8-13)6-5-7-12(11)9(2)3/h4-7,9H,1H2,2-3H3. The SMILES string of the molecule is C=Cc1c(C#N)cccc1C(C)C. The van der Waals surface area contributed by atoms with Crippen LogP contribution in [0.3, 0.4) is 0 Å². The van der Waals surface area contributed by atoms with Crippen molar-refractivity contribution in [2.24, 2.45) is 0 Å². The van der Waals surface area contributed by atoms with Crippen LogP contribution in [0, 0.1) is 11.3 Å². The van der Waals surface area contributed by atoms with Gasteiger partial charge in [0.2, 0.25) is 0 Å². The first-order chi connectivity index (χ1) is 6.20. The summed E-state index contributed by atoms with van der Waals surface area (Å²) in [5.74, 6) is 0.432. The summed E-state index contributed by atoms with van der Waals surface area (Å²) in [5, 5.41) is 8.86. The van der Waals surface area contributed by atoms with E-state index >= 15 is 0 Å². The molecule has 0 radical (unpaired) electrons. The number of rotatable bonds is 2. The minimum atomic E-state index is 0.432. The third-order valence-electron chi connectivity index (χ3n) is 2.09. The van der Waals surface area contributed by atoms with Gasteiger partial charge in [-0.15, -0.1) is 0 Å². The maximum absolute atomic E-state index is 8.86. The highest BCUT2D eigenvalue weighted by molar-refractivity contribution is 5.61. The molecular weight excluding hydrogens is 158 g/mol. The first kappa shape index (κ1) is 9.54.